The second-order valence-corrected chi connectivity index (χ2v) is 6.71. The van der Waals surface area contributed by atoms with Gasteiger partial charge in [0.05, 0.1) is 16.8 Å². The first-order valence-corrected chi connectivity index (χ1v) is 9.14. The predicted octanol–water partition coefficient (Wildman–Crippen LogP) is 0.437. The number of anilines is 1. The number of hydrogen-bond donors (Lipinski definition) is 4. The van der Waals surface area contributed by atoms with Gasteiger partial charge in [0.15, 0.2) is 5.96 Å². The number of carbonyl (C=O) groups excluding carboxylic acids is 2. The van der Waals surface area contributed by atoms with E-state index in [4.69, 9.17) is 0 Å². The smallest absolute Gasteiger partial charge is 0.287 e. The quantitative estimate of drug-likeness (QED) is 0.222. The summed E-state index contributed by atoms with van der Waals surface area (Å²) in [5.41, 5.74) is 0.717. The molecule has 0 aliphatic carbocycles. The SMILES string of the molecule is CN=C(NC)NC(C)CNC(=O)c1cc(NC(=O)c2cc([N+](=O)[O-])cn2C)cn1C. The summed E-state index contributed by atoms with van der Waals surface area (Å²) in [6.07, 6.45) is 2.85. The van der Waals surface area contributed by atoms with Gasteiger partial charge in [-0.3, -0.25) is 24.7 Å². The van der Waals surface area contributed by atoms with Gasteiger partial charge in [0.25, 0.3) is 17.5 Å². The van der Waals surface area contributed by atoms with Crippen LogP contribution in [0.4, 0.5) is 11.4 Å². The lowest BCUT2D eigenvalue weighted by atomic mass is 10.3. The first-order valence-electron chi connectivity index (χ1n) is 9.14. The van der Waals surface area contributed by atoms with Crippen molar-refractivity contribution in [3.63, 3.8) is 0 Å². The summed E-state index contributed by atoms with van der Waals surface area (Å²) in [6, 6.07) is 2.67. The molecule has 12 nitrogen and oxygen atoms in total. The second-order valence-electron chi connectivity index (χ2n) is 6.71. The Bertz CT molecular complexity index is 975. The average molecular weight is 418 g/mol. The van der Waals surface area contributed by atoms with Crippen LogP contribution < -0.4 is 21.3 Å². The molecule has 2 amide bonds. The summed E-state index contributed by atoms with van der Waals surface area (Å²) in [7, 11) is 6.62. The molecule has 2 heterocycles. The molecular formula is C18H26N8O4. The van der Waals surface area contributed by atoms with E-state index in [2.05, 4.69) is 26.3 Å². The molecule has 0 aliphatic heterocycles. The van der Waals surface area contributed by atoms with E-state index >= 15 is 0 Å². The van der Waals surface area contributed by atoms with Gasteiger partial charge in [0.1, 0.15) is 11.4 Å². The van der Waals surface area contributed by atoms with Crippen LogP contribution >= 0.6 is 0 Å². The van der Waals surface area contributed by atoms with E-state index in [1.807, 2.05) is 6.92 Å². The zero-order valence-electron chi connectivity index (χ0n) is 17.5. The summed E-state index contributed by atoms with van der Waals surface area (Å²) in [5, 5.41) is 22.4. The number of nitrogens with zero attached hydrogens (tertiary/aromatic N) is 4. The van der Waals surface area contributed by atoms with Crippen molar-refractivity contribution in [1.29, 1.82) is 0 Å². The van der Waals surface area contributed by atoms with E-state index in [1.165, 1.54) is 22.9 Å². The van der Waals surface area contributed by atoms with Crippen LogP contribution in [0.5, 0.6) is 0 Å². The highest BCUT2D eigenvalue weighted by molar-refractivity contribution is 6.04. The largest absolute Gasteiger partial charge is 0.359 e. The zero-order valence-corrected chi connectivity index (χ0v) is 17.5. The van der Waals surface area contributed by atoms with Crippen molar-refractivity contribution < 1.29 is 14.5 Å². The van der Waals surface area contributed by atoms with Crippen molar-refractivity contribution in [1.82, 2.24) is 25.1 Å². The summed E-state index contributed by atoms with van der Waals surface area (Å²) < 4.78 is 2.96. The fourth-order valence-electron chi connectivity index (χ4n) is 2.80. The number of nitrogens with one attached hydrogen (secondary N) is 4. The summed E-state index contributed by atoms with van der Waals surface area (Å²) in [5.74, 6) is -0.207. The van der Waals surface area contributed by atoms with Gasteiger partial charge in [-0.1, -0.05) is 0 Å². The van der Waals surface area contributed by atoms with Crippen LogP contribution in [0.15, 0.2) is 29.5 Å². The van der Waals surface area contributed by atoms with Crippen molar-refractivity contribution in [2.45, 2.75) is 13.0 Å². The summed E-state index contributed by atoms with van der Waals surface area (Å²) in [6.45, 7) is 2.26. The Hall–Kier alpha value is -3.83. The van der Waals surface area contributed by atoms with Gasteiger partial charge in [0, 0.05) is 53.0 Å². The van der Waals surface area contributed by atoms with Gasteiger partial charge in [-0.2, -0.15) is 0 Å². The number of carbonyl (C=O) groups is 2. The lowest BCUT2D eigenvalue weighted by Crippen LogP contribution is -2.46. The highest BCUT2D eigenvalue weighted by Crippen LogP contribution is 2.18. The minimum atomic E-state index is -0.566. The molecule has 2 aromatic heterocycles. The lowest BCUT2D eigenvalue weighted by molar-refractivity contribution is -0.384. The number of hydrogen-bond acceptors (Lipinski definition) is 5. The van der Waals surface area contributed by atoms with Crippen molar-refractivity contribution in [2.24, 2.45) is 19.1 Å². The molecule has 0 aliphatic rings. The summed E-state index contributed by atoms with van der Waals surface area (Å²) >= 11 is 0. The average Bonchev–Trinajstić information content (AvgIpc) is 3.26. The molecule has 4 N–H and O–H groups in total. The minimum absolute atomic E-state index is 0.0623. The van der Waals surface area contributed by atoms with E-state index < -0.39 is 10.8 Å². The number of aryl methyl sites for hydroxylation is 2. The van der Waals surface area contributed by atoms with E-state index in [0.29, 0.717) is 23.9 Å². The normalized spacial score (nSPS) is 12.2. The molecule has 12 heteroatoms. The van der Waals surface area contributed by atoms with Crippen LogP contribution in [-0.4, -0.2) is 58.5 Å². The number of amides is 2. The summed E-state index contributed by atoms with van der Waals surface area (Å²) in [4.78, 5) is 39.3. The Morgan fingerprint density at radius 1 is 1.17 bits per heavy atom. The molecule has 0 spiro atoms. The van der Waals surface area contributed by atoms with Crippen molar-refractivity contribution in [2.75, 3.05) is 26.0 Å². The number of nitro groups is 1. The molecule has 162 valence electrons. The maximum absolute atomic E-state index is 12.5. The van der Waals surface area contributed by atoms with Gasteiger partial charge in [0.2, 0.25) is 0 Å². The van der Waals surface area contributed by atoms with Gasteiger partial charge in [-0.15, -0.1) is 0 Å². The Morgan fingerprint density at radius 2 is 1.80 bits per heavy atom. The molecule has 2 rings (SSSR count). The van der Waals surface area contributed by atoms with Crippen LogP contribution in [0.1, 0.15) is 27.9 Å². The molecule has 30 heavy (non-hydrogen) atoms. The predicted molar refractivity (Wildman–Crippen MR) is 113 cm³/mol. The van der Waals surface area contributed by atoms with E-state index in [1.54, 1.807) is 39.0 Å². The second kappa shape index (κ2) is 9.58. The zero-order chi connectivity index (χ0) is 22.4. The third kappa shape index (κ3) is 5.37. The van der Waals surface area contributed by atoms with Gasteiger partial charge in [-0.05, 0) is 13.0 Å². The molecule has 1 atom stereocenters. The number of rotatable bonds is 7. The van der Waals surface area contributed by atoms with Crippen molar-refractivity contribution in [3.8, 4) is 0 Å². The number of guanidine groups is 1. The first kappa shape index (κ1) is 22.5. The topological polar surface area (TPSA) is 148 Å². The highest BCUT2D eigenvalue weighted by Gasteiger charge is 2.19. The molecule has 0 aromatic carbocycles. The Kier molecular flexibility index (Phi) is 7.17. The Balaban J connectivity index is 2.01. The molecule has 0 bridgehead atoms. The van der Waals surface area contributed by atoms with E-state index in [-0.39, 0.29) is 23.3 Å². The molecule has 0 radical (unpaired) electrons. The van der Waals surface area contributed by atoms with Gasteiger partial charge < -0.3 is 30.4 Å². The van der Waals surface area contributed by atoms with Crippen LogP contribution in [-0.2, 0) is 14.1 Å². The van der Waals surface area contributed by atoms with Crippen molar-refractivity contribution >= 4 is 29.1 Å². The minimum Gasteiger partial charge on any atom is -0.359 e. The fourth-order valence-corrected chi connectivity index (χ4v) is 2.80. The maximum Gasteiger partial charge on any atom is 0.287 e. The lowest BCUT2D eigenvalue weighted by Gasteiger charge is -2.17. The highest BCUT2D eigenvalue weighted by atomic mass is 16.6. The van der Waals surface area contributed by atoms with Crippen LogP contribution in [0, 0.1) is 10.1 Å². The maximum atomic E-state index is 12.5. The van der Waals surface area contributed by atoms with Crippen LogP contribution in [0.25, 0.3) is 0 Å². The van der Waals surface area contributed by atoms with Crippen LogP contribution in [0.3, 0.4) is 0 Å². The monoisotopic (exact) mass is 418 g/mol. The number of aliphatic imine (C=N–C) groups is 1. The third-order valence-corrected chi connectivity index (χ3v) is 4.34. The first-order chi connectivity index (χ1) is 14.2. The third-order valence-electron chi connectivity index (χ3n) is 4.34. The molecule has 1 unspecified atom stereocenters. The molecular weight excluding hydrogens is 392 g/mol. The molecule has 0 saturated carbocycles. The fraction of sp³-hybridized carbons (Fsp3) is 0.389. The number of aromatic nitrogens is 2. The van der Waals surface area contributed by atoms with E-state index in [0.717, 1.165) is 0 Å². The molecule has 0 fully saturated rings. The standard InChI is InChI=1S/C18H26N8O4/c1-11(22-18(19-2)20-3)8-21-16(27)14-6-12(9-24(14)4)23-17(28)15-7-13(26(29)30)10-25(15)5/h6-7,9-11H,8H2,1-5H3,(H,21,27)(H,23,28)(H2,19,20,22). The van der Waals surface area contributed by atoms with Gasteiger partial charge >= 0.3 is 0 Å². The molecule has 2 aromatic rings. The molecule has 0 saturated heterocycles. The van der Waals surface area contributed by atoms with Gasteiger partial charge in [-0.25, -0.2) is 0 Å². The van der Waals surface area contributed by atoms with Crippen molar-refractivity contribution in [3.05, 3.63) is 46.0 Å². The van der Waals surface area contributed by atoms with Crippen LogP contribution in [0.2, 0.25) is 0 Å². The Labute approximate surface area is 173 Å². The Morgan fingerprint density at radius 3 is 2.37 bits per heavy atom. The van der Waals surface area contributed by atoms with E-state index in [9.17, 15) is 19.7 Å².